The summed E-state index contributed by atoms with van der Waals surface area (Å²) < 4.78 is 19.0. The van der Waals surface area contributed by atoms with Gasteiger partial charge in [0.25, 0.3) is 5.91 Å². The summed E-state index contributed by atoms with van der Waals surface area (Å²) in [5, 5.41) is 0. The van der Waals surface area contributed by atoms with E-state index in [0.717, 1.165) is 28.8 Å². The molecule has 0 aliphatic carbocycles. The number of carbonyl (C=O) groups excluding carboxylic acids is 1. The first-order valence-corrected chi connectivity index (χ1v) is 10.2. The van der Waals surface area contributed by atoms with Crippen molar-refractivity contribution in [2.45, 2.75) is 37.3 Å². The van der Waals surface area contributed by atoms with Gasteiger partial charge in [0, 0.05) is 22.5 Å². The average molecular weight is 412 g/mol. The normalized spacial score (nSPS) is 12.1. The molecule has 0 unspecified atom stereocenters. The monoisotopic (exact) mass is 411 g/mol. The maximum absolute atomic E-state index is 12.4. The predicted molar refractivity (Wildman–Crippen MR) is 99.4 cm³/mol. The molecule has 1 aromatic heterocycles. The van der Waals surface area contributed by atoms with Gasteiger partial charge in [0.2, 0.25) is 0 Å². The maximum Gasteiger partial charge on any atom is 0.289 e. The van der Waals surface area contributed by atoms with Crippen molar-refractivity contribution in [1.82, 2.24) is 4.90 Å². The number of amides is 1. The van der Waals surface area contributed by atoms with Crippen molar-refractivity contribution in [2.24, 2.45) is 0 Å². The molecule has 130 valence electrons. The number of furan rings is 1. The topological polar surface area (TPSA) is 50.5 Å². The Balaban J connectivity index is 2.03. The third kappa shape index (κ3) is 5.05. The number of nitrogens with zero attached hydrogens (tertiary/aromatic N) is 1. The first kappa shape index (κ1) is 18.9. The van der Waals surface area contributed by atoms with Gasteiger partial charge in [-0.3, -0.25) is 9.00 Å². The van der Waals surface area contributed by atoms with Crippen LogP contribution in [0.4, 0.5) is 0 Å². The number of hydrogen-bond acceptors (Lipinski definition) is 3. The van der Waals surface area contributed by atoms with E-state index in [9.17, 15) is 9.00 Å². The molecule has 0 aliphatic rings. The summed E-state index contributed by atoms with van der Waals surface area (Å²) in [5.74, 6) is 1.03. The third-order valence-electron chi connectivity index (χ3n) is 3.67. The van der Waals surface area contributed by atoms with E-state index in [2.05, 4.69) is 22.9 Å². The van der Waals surface area contributed by atoms with Crippen LogP contribution in [0, 0.1) is 0 Å². The highest BCUT2D eigenvalue weighted by Crippen LogP contribution is 2.18. The summed E-state index contributed by atoms with van der Waals surface area (Å²) in [5.41, 5.74) is 0. The molecule has 4 nitrogen and oxygen atoms in total. The Morgan fingerprint density at radius 1 is 1.17 bits per heavy atom. The van der Waals surface area contributed by atoms with Crippen LogP contribution in [0.25, 0.3) is 0 Å². The lowest BCUT2D eigenvalue weighted by Crippen LogP contribution is -2.31. The zero-order valence-electron chi connectivity index (χ0n) is 14.0. The van der Waals surface area contributed by atoms with Gasteiger partial charge in [0.1, 0.15) is 5.76 Å². The van der Waals surface area contributed by atoms with Crippen molar-refractivity contribution in [3.8, 4) is 0 Å². The molecule has 0 saturated carbocycles. The molecule has 1 heterocycles. The van der Waals surface area contributed by atoms with Crippen LogP contribution in [0.15, 0.2) is 50.2 Å². The molecule has 1 aromatic carbocycles. The fourth-order valence-electron chi connectivity index (χ4n) is 2.28. The van der Waals surface area contributed by atoms with Crippen LogP contribution in [-0.4, -0.2) is 28.1 Å². The second-order valence-electron chi connectivity index (χ2n) is 5.45. The number of carbonyl (C=O) groups is 1. The maximum atomic E-state index is 12.4. The Kier molecular flexibility index (Phi) is 7.24. The Morgan fingerprint density at radius 2 is 1.88 bits per heavy atom. The first-order valence-electron chi connectivity index (χ1n) is 8.07. The fourth-order valence-corrected chi connectivity index (χ4v) is 3.56. The van der Waals surface area contributed by atoms with Crippen molar-refractivity contribution >= 4 is 32.6 Å². The first-order chi connectivity index (χ1) is 11.5. The van der Waals surface area contributed by atoms with Gasteiger partial charge in [-0.25, -0.2) is 0 Å². The van der Waals surface area contributed by atoms with Crippen LogP contribution in [0.5, 0.6) is 0 Å². The summed E-state index contributed by atoms with van der Waals surface area (Å²) in [4.78, 5) is 15.0. The number of unbranched alkanes of at least 4 members (excludes halogenated alkanes) is 1. The molecule has 0 saturated heterocycles. The third-order valence-corrected chi connectivity index (χ3v) is 5.55. The molecule has 0 N–H and O–H groups in total. The molecule has 1 atom stereocenters. The van der Waals surface area contributed by atoms with Gasteiger partial charge in [0.05, 0.1) is 16.6 Å². The van der Waals surface area contributed by atoms with Gasteiger partial charge < -0.3 is 9.32 Å². The molecule has 24 heavy (non-hydrogen) atoms. The van der Waals surface area contributed by atoms with Crippen LogP contribution >= 0.6 is 15.9 Å². The molecule has 0 fully saturated rings. The van der Waals surface area contributed by atoms with E-state index in [1.807, 2.05) is 31.2 Å². The lowest BCUT2D eigenvalue weighted by Gasteiger charge is -2.19. The van der Waals surface area contributed by atoms with Gasteiger partial charge in [-0.05, 0) is 49.7 Å². The van der Waals surface area contributed by atoms with Gasteiger partial charge in [0.15, 0.2) is 5.76 Å². The second kappa shape index (κ2) is 9.18. The fraction of sp³-hybridized carbons (Fsp3) is 0.389. The SMILES string of the molecule is CCCCN(CC)C(=O)c1ccc(C[S@@](=O)c2ccc(Br)cc2)o1. The summed E-state index contributed by atoms with van der Waals surface area (Å²) in [6.45, 7) is 5.44. The van der Waals surface area contributed by atoms with E-state index in [1.165, 1.54) is 0 Å². The van der Waals surface area contributed by atoms with Crippen molar-refractivity contribution in [1.29, 1.82) is 0 Å². The molecule has 2 aromatic rings. The Hall–Kier alpha value is -1.40. The standard InChI is InChI=1S/C18H22BrNO3S/c1-3-5-12-20(4-2)18(21)17-11-8-15(23-17)13-24(22)16-9-6-14(19)7-10-16/h6-11H,3-5,12-13H2,1-2H3/t24-/m1/s1. The number of benzene rings is 1. The van der Waals surface area contributed by atoms with E-state index in [0.29, 0.717) is 18.1 Å². The summed E-state index contributed by atoms with van der Waals surface area (Å²) >= 11 is 3.36. The molecular weight excluding hydrogens is 390 g/mol. The van der Waals surface area contributed by atoms with Crippen LogP contribution in [0.1, 0.15) is 43.0 Å². The average Bonchev–Trinajstić information content (AvgIpc) is 3.04. The molecule has 1 amide bonds. The molecule has 0 aliphatic heterocycles. The van der Waals surface area contributed by atoms with Gasteiger partial charge >= 0.3 is 0 Å². The quantitative estimate of drug-likeness (QED) is 0.636. The van der Waals surface area contributed by atoms with E-state index in [4.69, 9.17) is 4.42 Å². The minimum Gasteiger partial charge on any atom is -0.455 e. The molecule has 0 bridgehead atoms. The van der Waals surface area contributed by atoms with Crippen LogP contribution in [0.2, 0.25) is 0 Å². The Bertz CT molecular complexity index is 697. The second-order valence-corrected chi connectivity index (χ2v) is 7.81. The molecule has 6 heteroatoms. The summed E-state index contributed by atoms with van der Waals surface area (Å²) in [7, 11) is -1.20. The van der Waals surface area contributed by atoms with E-state index < -0.39 is 10.8 Å². The Labute approximate surface area is 153 Å². The molecule has 0 radical (unpaired) electrons. The van der Waals surface area contributed by atoms with Crippen LogP contribution in [-0.2, 0) is 16.6 Å². The minimum atomic E-state index is -1.20. The summed E-state index contributed by atoms with van der Waals surface area (Å²) in [6, 6.07) is 10.8. The highest BCUT2D eigenvalue weighted by Gasteiger charge is 2.18. The zero-order valence-corrected chi connectivity index (χ0v) is 16.4. The number of halogens is 1. The predicted octanol–water partition coefficient (Wildman–Crippen LogP) is 4.61. The zero-order chi connectivity index (χ0) is 17.5. The number of rotatable bonds is 8. The van der Waals surface area contributed by atoms with E-state index >= 15 is 0 Å². The number of hydrogen-bond donors (Lipinski definition) is 0. The lowest BCUT2D eigenvalue weighted by atomic mass is 10.3. The van der Waals surface area contributed by atoms with Crippen molar-refractivity contribution in [3.63, 3.8) is 0 Å². The van der Waals surface area contributed by atoms with Gasteiger partial charge in [-0.1, -0.05) is 29.3 Å². The van der Waals surface area contributed by atoms with Gasteiger partial charge in [-0.2, -0.15) is 0 Å². The minimum absolute atomic E-state index is 0.105. The smallest absolute Gasteiger partial charge is 0.289 e. The molecule has 0 spiro atoms. The molecule has 2 rings (SSSR count). The summed E-state index contributed by atoms with van der Waals surface area (Å²) in [6.07, 6.45) is 2.01. The highest BCUT2D eigenvalue weighted by atomic mass is 79.9. The Morgan fingerprint density at radius 3 is 2.50 bits per heavy atom. The van der Waals surface area contributed by atoms with Crippen LogP contribution < -0.4 is 0 Å². The van der Waals surface area contributed by atoms with Crippen molar-refractivity contribution in [2.75, 3.05) is 13.1 Å². The molecular formula is C18H22BrNO3S. The van der Waals surface area contributed by atoms with E-state index in [1.54, 1.807) is 17.0 Å². The van der Waals surface area contributed by atoms with Gasteiger partial charge in [-0.15, -0.1) is 0 Å². The lowest BCUT2D eigenvalue weighted by molar-refractivity contribution is 0.0729. The van der Waals surface area contributed by atoms with Crippen molar-refractivity contribution in [3.05, 3.63) is 52.4 Å². The largest absolute Gasteiger partial charge is 0.455 e. The van der Waals surface area contributed by atoms with E-state index in [-0.39, 0.29) is 11.7 Å². The van der Waals surface area contributed by atoms with Crippen LogP contribution in [0.3, 0.4) is 0 Å². The van der Waals surface area contributed by atoms with Crippen molar-refractivity contribution < 1.29 is 13.4 Å². The highest BCUT2D eigenvalue weighted by molar-refractivity contribution is 9.10.